The summed E-state index contributed by atoms with van der Waals surface area (Å²) in [6.07, 6.45) is 0.964. The molecular formula is C18H35N5O2. The van der Waals surface area contributed by atoms with Crippen molar-refractivity contribution < 1.29 is 9.53 Å². The monoisotopic (exact) mass is 353 g/mol. The second-order valence-electron chi connectivity index (χ2n) is 7.91. The molecule has 144 valence electrons. The number of hydrogen-bond donors (Lipinski definition) is 2. The van der Waals surface area contributed by atoms with Gasteiger partial charge >= 0.3 is 0 Å². The molecular weight excluding hydrogens is 318 g/mol. The lowest BCUT2D eigenvalue weighted by Crippen LogP contribution is -2.57. The molecule has 2 saturated heterocycles. The molecule has 2 rings (SSSR count). The van der Waals surface area contributed by atoms with Crippen molar-refractivity contribution >= 4 is 11.9 Å². The third-order valence-electron chi connectivity index (χ3n) is 5.11. The van der Waals surface area contributed by atoms with Crippen LogP contribution in [0.5, 0.6) is 0 Å². The van der Waals surface area contributed by atoms with Crippen molar-refractivity contribution in [3.8, 4) is 0 Å². The Hall–Kier alpha value is -1.34. The van der Waals surface area contributed by atoms with E-state index in [2.05, 4.69) is 34.4 Å². The van der Waals surface area contributed by atoms with Crippen LogP contribution in [0.1, 0.15) is 34.1 Å². The van der Waals surface area contributed by atoms with Gasteiger partial charge in [0.2, 0.25) is 5.91 Å². The van der Waals surface area contributed by atoms with Crippen molar-refractivity contribution in [2.45, 2.75) is 45.7 Å². The average molecular weight is 354 g/mol. The van der Waals surface area contributed by atoms with Gasteiger partial charge in [0.05, 0.1) is 13.2 Å². The zero-order valence-electron chi connectivity index (χ0n) is 16.5. The van der Waals surface area contributed by atoms with Crippen LogP contribution in [-0.2, 0) is 9.53 Å². The number of morpholine rings is 1. The normalized spacial score (nSPS) is 23.2. The largest absolute Gasteiger partial charge is 0.379 e. The van der Waals surface area contributed by atoms with E-state index in [1.165, 1.54) is 0 Å². The average Bonchev–Trinajstić information content (AvgIpc) is 3.07. The van der Waals surface area contributed by atoms with Gasteiger partial charge in [0.15, 0.2) is 5.96 Å². The fraction of sp³-hybridized carbons (Fsp3) is 0.889. The van der Waals surface area contributed by atoms with E-state index in [4.69, 9.17) is 4.74 Å². The van der Waals surface area contributed by atoms with Crippen molar-refractivity contribution in [3.63, 3.8) is 0 Å². The Morgan fingerprint density at radius 1 is 1.28 bits per heavy atom. The van der Waals surface area contributed by atoms with Gasteiger partial charge in [-0.1, -0.05) is 13.8 Å². The van der Waals surface area contributed by atoms with E-state index in [0.29, 0.717) is 0 Å². The van der Waals surface area contributed by atoms with Crippen LogP contribution in [0.3, 0.4) is 0 Å². The molecule has 2 heterocycles. The molecule has 0 aromatic heterocycles. The standard InChI is InChI=1S/C18H35N5O2/c1-14(2)16(24)22-7-6-15(12-22)21-17(19-5)20-13-18(3,4)23-8-10-25-11-9-23/h14-15H,6-13H2,1-5H3,(H2,19,20,21). The molecule has 0 saturated carbocycles. The molecule has 0 aromatic carbocycles. The van der Waals surface area contributed by atoms with Crippen molar-refractivity contribution in [3.05, 3.63) is 0 Å². The maximum atomic E-state index is 12.1. The fourth-order valence-electron chi connectivity index (χ4n) is 3.41. The Morgan fingerprint density at radius 3 is 2.56 bits per heavy atom. The predicted molar refractivity (Wildman–Crippen MR) is 101 cm³/mol. The maximum Gasteiger partial charge on any atom is 0.225 e. The third kappa shape index (κ3) is 5.57. The second kappa shape index (κ2) is 8.85. The van der Waals surface area contributed by atoms with Crippen LogP contribution < -0.4 is 10.6 Å². The van der Waals surface area contributed by atoms with Crippen LogP contribution in [0.15, 0.2) is 4.99 Å². The highest BCUT2D eigenvalue weighted by atomic mass is 16.5. The van der Waals surface area contributed by atoms with Crippen molar-refractivity contribution in [1.29, 1.82) is 0 Å². The van der Waals surface area contributed by atoms with Gasteiger partial charge in [-0.3, -0.25) is 14.7 Å². The number of carbonyl (C=O) groups is 1. The molecule has 7 nitrogen and oxygen atoms in total. The Labute approximate surface area is 152 Å². The van der Waals surface area contributed by atoms with Gasteiger partial charge < -0.3 is 20.3 Å². The van der Waals surface area contributed by atoms with E-state index in [-0.39, 0.29) is 23.4 Å². The number of carbonyl (C=O) groups excluding carboxylic acids is 1. The lowest BCUT2D eigenvalue weighted by molar-refractivity contribution is -0.133. The summed E-state index contributed by atoms with van der Waals surface area (Å²) in [6.45, 7) is 14.3. The van der Waals surface area contributed by atoms with Crippen LogP contribution in [0.4, 0.5) is 0 Å². The van der Waals surface area contributed by atoms with Crippen molar-refractivity contribution in [2.24, 2.45) is 10.9 Å². The first-order chi connectivity index (χ1) is 11.8. The summed E-state index contributed by atoms with van der Waals surface area (Å²) in [5.74, 6) is 1.11. The minimum atomic E-state index is 0.0384. The van der Waals surface area contributed by atoms with E-state index in [1.807, 2.05) is 18.7 Å². The van der Waals surface area contributed by atoms with Crippen LogP contribution in [0.2, 0.25) is 0 Å². The molecule has 7 heteroatoms. The number of nitrogens with one attached hydrogen (secondary N) is 2. The fourth-order valence-corrected chi connectivity index (χ4v) is 3.41. The van der Waals surface area contributed by atoms with E-state index in [0.717, 1.165) is 58.3 Å². The van der Waals surface area contributed by atoms with Crippen LogP contribution in [0.25, 0.3) is 0 Å². The summed E-state index contributed by atoms with van der Waals surface area (Å²) < 4.78 is 5.45. The Balaban J connectivity index is 1.80. The SMILES string of the molecule is CN=C(NCC(C)(C)N1CCOCC1)NC1CCN(C(=O)C(C)C)C1. The molecule has 2 fully saturated rings. The van der Waals surface area contributed by atoms with Crippen LogP contribution in [-0.4, -0.2) is 86.2 Å². The van der Waals surface area contributed by atoms with Gasteiger partial charge in [0.25, 0.3) is 0 Å². The summed E-state index contributed by atoms with van der Waals surface area (Å²) in [6, 6.07) is 0.264. The van der Waals surface area contributed by atoms with E-state index < -0.39 is 0 Å². The lowest BCUT2D eigenvalue weighted by Gasteiger charge is -2.41. The van der Waals surface area contributed by atoms with Crippen molar-refractivity contribution in [2.75, 3.05) is 53.0 Å². The zero-order valence-corrected chi connectivity index (χ0v) is 16.5. The number of hydrogen-bond acceptors (Lipinski definition) is 4. The molecule has 2 aliphatic heterocycles. The Kier molecular flexibility index (Phi) is 7.07. The first kappa shape index (κ1) is 20.0. The van der Waals surface area contributed by atoms with Crippen molar-refractivity contribution in [1.82, 2.24) is 20.4 Å². The molecule has 0 spiro atoms. The summed E-state index contributed by atoms with van der Waals surface area (Å²) in [7, 11) is 1.79. The molecule has 25 heavy (non-hydrogen) atoms. The molecule has 1 atom stereocenters. The topological polar surface area (TPSA) is 69.2 Å². The molecule has 0 aromatic rings. The number of amides is 1. The van der Waals surface area contributed by atoms with Gasteiger partial charge in [0.1, 0.15) is 0 Å². The molecule has 0 aliphatic carbocycles. The number of aliphatic imine (C=N–C) groups is 1. The first-order valence-corrected chi connectivity index (χ1v) is 9.42. The highest BCUT2D eigenvalue weighted by Crippen LogP contribution is 2.15. The minimum absolute atomic E-state index is 0.0384. The van der Waals surface area contributed by atoms with Gasteiger partial charge in [-0.25, -0.2) is 0 Å². The molecule has 1 amide bonds. The maximum absolute atomic E-state index is 12.1. The number of nitrogens with zero attached hydrogens (tertiary/aromatic N) is 3. The third-order valence-corrected chi connectivity index (χ3v) is 5.11. The Morgan fingerprint density at radius 2 is 1.96 bits per heavy atom. The first-order valence-electron chi connectivity index (χ1n) is 9.42. The highest BCUT2D eigenvalue weighted by Gasteiger charge is 2.30. The van der Waals surface area contributed by atoms with Gasteiger partial charge in [-0.15, -0.1) is 0 Å². The van der Waals surface area contributed by atoms with E-state index in [1.54, 1.807) is 7.05 Å². The zero-order chi connectivity index (χ0) is 18.4. The number of rotatable bonds is 5. The smallest absolute Gasteiger partial charge is 0.225 e. The van der Waals surface area contributed by atoms with Crippen LogP contribution in [0, 0.1) is 5.92 Å². The van der Waals surface area contributed by atoms with Gasteiger partial charge in [-0.2, -0.15) is 0 Å². The second-order valence-corrected chi connectivity index (χ2v) is 7.91. The molecule has 2 N–H and O–H groups in total. The summed E-state index contributed by atoms with van der Waals surface area (Å²) >= 11 is 0. The number of ether oxygens (including phenoxy) is 1. The summed E-state index contributed by atoms with van der Waals surface area (Å²) in [4.78, 5) is 20.9. The molecule has 1 unspecified atom stereocenters. The quantitative estimate of drug-likeness (QED) is 0.557. The molecule has 0 bridgehead atoms. The van der Waals surface area contributed by atoms with Gasteiger partial charge in [0, 0.05) is 57.3 Å². The molecule has 2 aliphatic rings. The molecule has 0 radical (unpaired) electrons. The summed E-state index contributed by atoms with van der Waals surface area (Å²) in [5, 5.41) is 6.92. The Bertz CT molecular complexity index is 472. The number of guanidine groups is 1. The lowest BCUT2D eigenvalue weighted by atomic mass is 10.0. The number of likely N-dealkylation sites (tertiary alicyclic amines) is 1. The van der Waals surface area contributed by atoms with E-state index >= 15 is 0 Å². The summed E-state index contributed by atoms with van der Waals surface area (Å²) in [5.41, 5.74) is 0.0384. The van der Waals surface area contributed by atoms with Crippen LogP contribution >= 0.6 is 0 Å². The predicted octanol–water partition coefficient (Wildman–Crippen LogP) is 0.519. The highest BCUT2D eigenvalue weighted by molar-refractivity contribution is 5.81. The minimum Gasteiger partial charge on any atom is -0.379 e. The van der Waals surface area contributed by atoms with Gasteiger partial charge in [-0.05, 0) is 20.3 Å². The van der Waals surface area contributed by atoms with E-state index in [9.17, 15) is 4.79 Å².